The zero-order valence-corrected chi connectivity index (χ0v) is 96.3. The fraction of sp³-hybridized carbons (Fsp3) is 0.274. The van der Waals surface area contributed by atoms with Crippen molar-refractivity contribution < 1.29 is 0 Å². The van der Waals surface area contributed by atoms with Gasteiger partial charge in [0, 0.05) is 46.9 Å². The molecule has 0 aromatic heterocycles. The van der Waals surface area contributed by atoms with Crippen molar-refractivity contribution in [1.29, 1.82) is 0 Å². The van der Waals surface area contributed by atoms with E-state index in [0.29, 0.717) is 0 Å². The molecule has 0 atom stereocenters. The summed E-state index contributed by atoms with van der Waals surface area (Å²) in [7, 11) is 0. The van der Waals surface area contributed by atoms with E-state index in [9.17, 15) is 0 Å². The first kappa shape index (κ1) is 115. The minimum absolute atomic E-state index is 0. The minimum Gasteiger partial charge on any atom is -0.0776 e. The largest absolute Gasteiger partial charge is 0.0776 e. The first-order valence-electron chi connectivity index (χ1n) is 45.0. The molecule has 0 N–H and O–H groups in total. The number of rotatable bonds is 7. The second-order valence-electron chi connectivity index (χ2n) is 35.5. The molecule has 0 saturated heterocycles. The van der Waals surface area contributed by atoms with Crippen LogP contribution in [0.15, 0.2) is 285 Å². The zero-order chi connectivity index (χ0) is 97.7. The summed E-state index contributed by atoms with van der Waals surface area (Å²) in [5, 5.41) is 0. The van der Waals surface area contributed by atoms with E-state index in [1.165, 1.54) is 246 Å². The van der Waals surface area contributed by atoms with Crippen molar-refractivity contribution in [2.45, 2.75) is 235 Å². The normalized spacial score (nSPS) is 10.2. The first-order chi connectivity index (χ1) is 61.6. The number of hydrogen-bond acceptors (Lipinski definition) is 0. The molecule has 0 saturated carbocycles. The van der Waals surface area contributed by atoms with E-state index >= 15 is 0 Å². The van der Waals surface area contributed by atoms with Gasteiger partial charge in [0.05, 0.1) is 0 Å². The molecule has 0 fully saturated rings. The quantitative estimate of drug-likeness (QED) is 0.149. The molecule has 0 aliphatic rings. The fourth-order valence-corrected chi connectivity index (χ4v) is 20.0. The molecule has 15 aromatic carbocycles. The van der Waals surface area contributed by atoms with Crippen molar-refractivity contribution in [1.82, 2.24) is 0 Å². The molecule has 0 aliphatic heterocycles. The summed E-state index contributed by atoms with van der Waals surface area (Å²) in [5.41, 5.74) is 54.4. The SMILES string of the molecule is C.CCc1cc(Br)c(C)c(Br)c1.Cc1c(C)c(Br)c(-c2c(Br)c(C)c(C)c(C)c2Br)c(Br)c1C.Cc1cc(-c2cc(C)c(C)c(C)c2)cc(C)c1C.Cc1cc(Br)c(C)c(Br)c1.Cc1ccc(-c2ccc(C)c(C)c2)cc1C.Cc1ccc(-c2ccc(C)cc2)cc1.Cc1ccc(C)c(C)c1.Cc1ccc(C)cc1.Cc1ccc(Cc2ccc(C)cc2)cc1.Cc1cccc(C)c1. The summed E-state index contributed by atoms with van der Waals surface area (Å²) in [4.78, 5) is 0. The zero-order valence-electron chi connectivity index (χ0n) is 83.6. The summed E-state index contributed by atoms with van der Waals surface area (Å²) in [6, 6.07) is 89.2. The number of hydrogen-bond donors (Lipinski definition) is 0. The molecule has 132 heavy (non-hydrogen) atoms. The van der Waals surface area contributed by atoms with E-state index in [4.69, 9.17) is 0 Å². The van der Waals surface area contributed by atoms with Crippen molar-refractivity contribution in [3.8, 4) is 44.5 Å². The molecule has 8 heteroatoms. The van der Waals surface area contributed by atoms with Crippen LogP contribution in [-0.4, -0.2) is 0 Å². The van der Waals surface area contributed by atoms with Gasteiger partial charge in [-0.05, 0) is 475 Å². The lowest BCUT2D eigenvalue weighted by molar-refractivity contribution is 1.12. The maximum absolute atomic E-state index is 3.82. The van der Waals surface area contributed by atoms with Crippen LogP contribution in [-0.2, 0) is 12.8 Å². The minimum atomic E-state index is 0. The van der Waals surface area contributed by atoms with Gasteiger partial charge in [-0.2, -0.15) is 0 Å². The Kier molecular flexibility index (Phi) is 48.1. The van der Waals surface area contributed by atoms with Crippen molar-refractivity contribution in [2.24, 2.45) is 0 Å². The van der Waals surface area contributed by atoms with Gasteiger partial charge in [0.25, 0.3) is 0 Å². The van der Waals surface area contributed by atoms with Crippen LogP contribution in [0.3, 0.4) is 0 Å². The molecule has 0 heterocycles. The topological polar surface area (TPSA) is 0 Å². The predicted molar refractivity (Wildman–Crippen MR) is 615 cm³/mol. The summed E-state index contributed by atoms with van der Waals surface area (Å²) < 4.78 is 9.28. The Bertz CT molecular complexity index is 5850. The average Bonchev–Trinajstić information content (AvgIpc) is 0.746. The fourth-order valence-electron chi connectivity index (χ4n) is 14.0. The molecule has 0 radical (unpaired) electrons. The molecule has 0 bridgehead atoms. The van der Waals surface area contributed by atoms with E-state index in [2.05, 4.69) is 591 Å². The third-order valence-corrected chi connectivity index (χ3v) is 31.8. The third kappa shape index (κ3) is 35.4. The Morgan fingerprint density at radius 1 is 0.167 bits per heavy atom. The van der Waals surface area contributed by atoms with Crippen molar-refractivity contribution in [2.75, 3.05) is 0 Å². The van der Waals surface area contributed by atoms with Crippen molar-refractivity contribution in [3.05, 3.63) is 468 Å². The molecule has 0 aliphatic carbocycles. The maximum atomic E-state index is 3.82. The van der Waals surface area contributed by atoms with Gasteiger partial charge < -0.3 is 0 Å². The molecule has 0 nitrogen and oxygen atoms in total. The number of benzene rings is 15. The van der Waals surface area contributed by atoms with Crippen LogP contribution in [0.2, 0.25) is 0 Å². The van der Waals surface area contributed by atoms with Crippen LogP contribution in [0, 0.1) is 208 Å². The Balaban J connectivity index is 0.000000263. The summed E-state index contributed by atoms with van der Waals surface area (Å²) in [6.45, 7) is 66.5. The Hall–Kier alpha value is -7.86. The van der Waals surface area contributed by atoms with Gasteiger partial charge in [-0.3, -0.25) is 0 Å². The second kappa shape index (κ2) is 55.4. The van der Waals surface area contributed by atoms with Gasteiger partial charge in [-0.1, -0.05) is 353 Å². The van der Waals surface area contributed by atoms with Crippen LogP contribution in [0.5, 0.6) is 0 Å². The van der Waals surface area contributed by atoms with Gasteiger partial charge in [-0.25, -0.2) is 0 Å². The highest BCUT2D eigenvalue weighted by Gasteiger charge is 2.24. The summed E-state index contributed by atoms with van der Waals surface area (Å²) >= 11 is 29.2. The highest BCUT2D eigenvalue weighted by atomic mass is 79.9. The lowest BCUT2D eigenvalue weighted by Gasteiger charge is -2.22. The number of halogens is 8. The van der Waals surface area contributed by atoms with Gasteiger partial charge in [0.15, 0.2) is 0 Å². The lowest BCUT2D eigenvalue weighted by atomic mass is 9.92. The third-order valence-electron chi connectivity index (χ3n) is 24.5. The van der Waals surface area contributed by atoms with E-state index < -0.39 is 0 Å². The van der Waals surface area contributed by atoms with Crippen LogP contribution in [0.4, 0.5) is 0 Å². The van der Waals surface area contributed by atoms with Crippen molar-refractivity contribution >= 4 is 127 Å². The van der Waals surface area contributed by atoms with Crippen LogP contribution in [0.1, 0.15) is 198 Å². The van der Waals surface area contributed by atoms with Crippen LogP contribution in [0.25, 0.3) is 44.5 Å². The van der Waals surface area contributed by atoms with E-state index in [0.717, 1.165) is 30.7 Å². The first-order valence-corrected chi connectivity index (χ1v) is 51.4. The molecule has 0 amide bonds. The van der Waals surface area contributed by atoms with Gasteiger partial charge >= 0.3 is 0 Å². The lowest BCUT2D eigenvalue weighted by Crippen LogP contribution is -1.99. The second-order valence-corrected chi connectivity index (χ2v) is 42.1. The molecule has 694 valence electrons. The van der Waals surface area contributed by atoms with Gasteiger partial charge in [-0.15, -0.1) is 0 Å². The van der Waals surface area contributed by atoms with Gasteiger partial charge in [0.2, 0.25) is 0 Å². The van der Waals surface area contributed by atoms with Crippen LogP contribution >= 0.6 is 127 Å². The van der Waals surface area contributed by atoms with E-state index in [1.54, 1.807) is 0 Å². The Morgan fingerprint density at radius 2 is 0.402 bits per heavy atom. The molecular weight excluding hydrogens is 2130 g/mol. The van der Waals surface area contributed by atoms with Gasteiger partial charge in [0.1, 0.15) is 0 Å². The van der Waals surface area contributed by atoms with Crippen molar-refractivity contribution in [3.63, 3.8) is 0 Å². The summed E-state index contributed by atoms with van der Waals surface area (Å²) in [6.07, 6.45) is 2.11. The molecule has 0 spiro atoms. The molecule has 15 rings (SSSR count). The standard InChI is InChI=1S/C18H18Br4.C18H22.C16H18.C15H16.C14H14.C9H10Br2.C9H12.C8H8Br2.2C8H10.CH4/c1-7-9(3)15(19)13(16(20)10(7)4)14-17(21)11(5)8(2)12(6)18(14)22;1-11-7-17(8-12(2)15(11)5)18-9-13(3)16(6)14(4)10-18;1-11-5-7-15(9-13(11)3)16-8-6-12(2)14(4)10-16;1-12-3-7-14(8-4-12)11-15-9-5-13(2)6-10-15;1-11-3-7-13(8-4-11)14-9-5-12(2)6-10-14;1-3-7-4-8(10)6(2)9(11)5-7;1-7-4-5-8(2)9(3)6-7;1-5-3-7(9)6(2)8(10)4-5;1-7-3-5-8(2)6-4-7;1-7-4-3-5-8(2)6-7;/h1-6H3;7-10H,1-6H3;5-10H,1-4H3;3-10H,11H2,1-2H3;3-10H,1-2H3;4-5H,3H2,1-2H3;4-6H,1-3H3;3-4H,1-2H3;2*3-6H,1-2H3;1H4. The van der Waals surface area contributed by atoms with E-state index in [-0.39, 0.29) is 7.43 Å². The molecule has 0 unspecified atom stereocenters. The highest BCUT2D eigenvalue weighted by molar-refractivity contribution is 9.12. The van der Waals surface area contributed by atoms with E-state index in [1.807, 2.05) is 0 Å². The monoisotopic (exact) mass is 2260 g/mol. The molecular formula is C124H142Br8. The predicted octanol–water partition coefficient (Wildman–Crippen LogP) is 41.7. The Labute approximate surface area is 866 Å². The smallest absolute Gasteiger partial charge is 0.0297 e. The average molecular weight is 2270 g/mol. The maximum Gasteiger partial charge on any atom is 0.0297 e. The van der Waals surface area contributed by atoms with Crippen LogP contribution < -0.4 is 0 Å². The number of aryl methyl sites for hydroxylation is 21. The summed E-state index contributed by atoms with van der Waals surface area (Å²) in [5.74, 6) is 0. The Morgan fingerprint density at radius 3 is 0.659 bits per heavy atom. The highest BCUT2D eigenvalue weighted by Crippen LogP contribution is 2.49. The molecule has 15 aromatic rings.